The molecule has 5 nitrogen and oxygen atoms in total. The van der Waals surface area contributed by atoms with Crippen molar-refractivity contribution >= 4 is 11.9 Å². The van der Waals surface area contributed by atoms with Gasteiger partial charge in [-0.1, -0.05) is 19.1 Å². The molecule has 1 aromatic rings. The predicted octanol–water partition coefficient (Wildman–Crippen LogP) is 2.78. The van der Waals surface area contributed by atoms with Gasteiger partial charge in [0.15, 0.2) is 5.96 Å². The van der Waals surface area contributed by atoms with Crippen LogP contribution in [0.1, 0.15) is 56.0 Å². The molecule has 132 valence electrons. The maximum absolute atomic E-state index is 12.2. The van der Waals surface area contributed by atoms with E-state index >= 15 is 0 Å². The van der Waals surface area contributed by atoms with E-state index in [1.807, 2.05) is 31.2 Å². The van der Waals surface area contributed by atoms with Crippen molar-refractivity contribution in [3.8, 4) is 0 Å². The van der Waals surface area contributed by atoms with Crippen LogP contribution in [-0.4, -0.2) is 42.4 Å². The molecule has 0 aliphatic carbocycles. The molecule has 1 unspecified atom stereocenters. The summed E-state index contributed by atoms with van der Waals surface area (Å²) in [6.07, 6.45) is 3.39. The van der Waals surface area contributed by atoms with E-state index in [2.05, 4.69) is 29.4 Å². The smallest absolute Gasteiger partial charge is 0.251 e. The molecular formula is C19H30N4O. The average molecular weight is 330 g/mol. The largest absolute Gasteiger partial charge is 0.357 e. The van der Waals surface area contributed by atoms with Crippen molar-refractivity contribution in [2.24, 2.45) is 4.99 Å². The van der Waals surface area contributed by atoms with E-state index in [0.29, 0.717) is 12.1 Å². The molecule has 1 atom stereocenters. The Hall–Kier alpha value is -2.04. The van der Waals surface area contributed by atoms with Crippen molar-refractivity contribution in [2.45, 2.75) is 52.6 Å². The van der Waals surface area contributed by atoms with Gasteiger partial charge >= 0.3 is 0 Å². The fraction of sp³-hybridized carbons (Fsp3) is 0.579. The van der Waals surface area contributed by atoms with Crippen molar-refractivity contribution in [1.29, 1.82) is 0 Å². The van der Waals surface area contributed by atoms with E-state index in [9.17, 15) is 4.79 Å². The van der Waals surface area contributed by atoms with Crippen LogP contribution in [0.5, 0.6) is 0 Å². The molecule has 2 rings (SSSR count). The molecule has 1 aliphatic rings. The van der Waals surface area contributed by atoms with Crippen LogP contribution in [0.15, 0.2) is 29.3 Å². The standard InChI is InChI=1S/C19H30N4O/c1-4-15(3)22-18(24)17-10-8-9-16(13-17)14-21-19(20-5-2)23-11-6-7-12-23/h8-10,13,15H,4-7,11-12,14H2,1-3H3,(H,20,21)(H,22,24). The second kappa shape index (κ2) is 9.30. The first-order valence-electron chi connectivity index (χ1n) is 9.07. The van der Waals surface area contributed by atoms with E-state index in [0.717, 1.165) is 37.6 Å². The molecule has 2 N–H and O–H groups in total. The third-order valence-electron chi connectivity index (χ3n) is 4.33. The Morgan fingerprint density at radius 2 is 2.04 bits per heavy atom. The van der Waals surface area contributed by atoms with Crippen LogP contribution in [0.25, 0.3) is 0 Å². The molecule has 0 saturated carbocycles. The molecule has 1 saturated heterocycles. The molecule has 0 radical (unpaired) electrons. The minimum atomic E-state index is -0.0124. The van der Waals surface area contributed by atoms with Gasteiger partial charge in [0.05, 0.1) is 6.54 Å². The second-order valence-electron chi connectivity index (χ2n) is 6.35. The van der Waals surface area contributed by atoms with Crippen LogP contribution in [0.4, 0.5) is 0 Å². The number of rotatable bonds is 6. The van der Waals surface area contributed by atoms with Crippen LogP contribution in [0, 0.1) is 0 Å². The lowest BCUT2D eigenvalue weighted by Gasteiger charge is -2.20. The first-order valence-corrected chi connectivity index (χ1v) is 9.07. The fourth-order valence-corrected chi connectivity index (χ4v) is 2.74. The molecule has 0 bridgehead atoms. The normalized spacial score (nSPS) is 16.1. The molecule has 0 spiro atoms. The zero-order chi connectivity index (χ0) is 17.4. The van der Waals surface area contributed by atoms with Gasteiger partial charge in [0.25, 0.3) is 5.91 Å². The van der Waals surface area contributed by atoms with Crippen molar-refractivity contribution in [1.82, 2.24) is 15.5 Å². The van der Waals surface area contributed by atoms with Crippen LogP contribution >= 0.6 is 0 Å². The number of carbonyl (C=O) groups is 1. The highest BCUT2D eigenvalue weighted by Gasteiger charge is 2.15. The molecular weight excluding hydrogens is 300 g/mol. The maximum atomic E-state index is 12.2. The highest BCUT2D eigenvalue weighted by molar-refractivity contribution is 5.94. The summed E-state index contributed by atoms with van der Waals surface area (Å²) in [4.78, 5) is 19.3. The lowest BCUT2D eigenvalue weighted by molar-refractivity contribution is 0.0939. The van der Waals surface area contributed by atoms with Gasteiger partial charge in [-0.3, -0.25) is 4.79 Å². The number of nitrogens with one attached hydrogen (secondary N) is 2. The molecule has 0 aromatic heterocycles. The van der Waals surface area contributed by atoms with Crippen molar-refractivity contribution in [2.75, 3.05) is 19.6 Å². The third-order valence-corrected chi connectivity index (χ3v) is 4.33. The Kier molecular flexibility index (Phi) is 7.09. The molecule has 1 fully saturated rings. The zero-order valence-corrected chi connectivity index (χ0v) is 15.1. The second-order valence-corrected chi connectivity index (χ2v) is 6.35. The van der Waals surface area contributed by atoms with Crippen LogP contribution in [0.2, 0.25) is 0 Å². The minimum Gasteiger partial charge on any atom is -0.357 e. The zero-order valence-electron chi connectivity index (χ0n) is 15.1. The molecule has 1 amide bonds. The quantitative estimate of drug-likeness (QED) is 0.623. The lowest BCUT2D eigenvalue weighted by atomic mass is 10.1. The van der Waals surface area contributed by atoms with Crippen LogP contribution < -0.4 is 10.6 Å². The molecule has 1 aliphatic heterocycles. The van der Waals surface area contributed by atoms with Gasteiger partial charge < -0.3 is 15.5 Å². The number of nitrogens with zero attached hydrogens (tertiary/aromatic N) is 2. The third kappa shape index (κ3) is 5.25. The summed E-state index contributed by atoms with van der Waals surface area (Å²) in [6.45, 7) is 9.77. The molecule has 5 heteroatoms. The van der Waals surface area contributed by atoms with Crippen molar-refractivity contribution in [3.05, 3.63) is 35.4 Å². The molecule has 1 heterocycles. The first kappa shape index (κ1) is 18.3. The number of likely N-dealkylation sites (tertiary alicyclic amines) is 1. The number of hydrogen-bond donors (Lipinski definition) is 2. The number of hydrogen-bond acceptors (Lipinski definition) is 2. The van der Waals surface area contributed by atoms with E-state index < -0.39 is 0 Å². The Balaban J connectivity index is 2.04. The van der Waals surface area contributed by atoms with Crippen molar-refractivity contribution in [3.63, 3.8) is 0 Å². The molecule has 1 aromatic carbocycles. The summed E-state index contributed by atoms with van der Waals surface area (Å²) in [5, 5.41) is 6.37. The first-order chi connectivity index (χ1) is 11.6. The van der Waals surface area contributed by atoms with Gasteiger partial charge in [-0.15, -0.1) is 0 Å². The number of aliphatic imine (C=N–C) groups is 1. The Labute approximate surface area is 145 Å². The van der Waals surface area contributed by atoms with Gasteiger partial charge in [-0.25, -0.2) is 4.99 Å². The topological polar surface area (TPSA) is 56.7 Å². The summed E-state index contributed by atoms with van der Waals surface area (Å²) < 4.78 is 0. The summed E-state index contributed by atoms with van der Waals surface area (Å²) in [5.74, 6) is 0.964. The Morgan fingerprint density at radius 1 is 1.29 bits per heavy atom. The highest BCUT2D eigenvalue weighted by atomic mass is 16.1. The van der Waals surface area contributed by atoms with E-state index in [4.69, 9.17) is 4.99 Å². The van der Waals surface area contributed by atoms with Gasteiger partial charge in [-0.2, -0.15) is 0 Å². The number of carbonyl (C=O) groups excluding carboxylic acids is 1. The van der Waals surface area contributed by atoms with Crippen LogP contribution in [0.3, 0.4) is 0 Å². The van der Waals surface area contributed by atoms with E-state index in [1.165, 1.54) is 12.8 Å². The molecule has 24 heavy (non-hydrogen) atoms. The maximum Gasteiger partial charge on any atom is 0.251 e. The average Bonchev–Trinajstić information content (AvgIpc) is 3.13. The van der Waals surface area contributed by atoms with Gasteiger partial charge in [-0.05, 0) is 50.8 Å². The van der Waals surface area contributed by atoms with Gasteiger partial charge in [0.2, 0.25) is 0 Å². The number of guanidine groups is 1. The lowest BCUT2D eigenvalue weighted by Crippen LogP contribution is -2.39. The van der Waals surface area contributed by atoms with Gasteiger partial charge in [0, 0.05) is 31.2 Å². The number of amides is 1. The summed E-state index contributed by atoms with van der Waals surface area (Å²) in [7, 11) is 0. The Bertz CT molecular complexity index is 564. The minimum absolute atomic E-state index is 0.0124. The summed E-state index contributed by atoms with van der Waals surface area (Å²) >= 11 is 0. The summed E-state index contributed by atoms with van der Waals surface area (Å²) in [5.41, 5.74) is 1.76. The Morgan fingerprint density at radius 3 is 2.71 bits per heavy atom. The van der Waals surface area contributed by atoms with E-state index in [-0.39, 0.29) is 11.9 Å². The fourth-order valence-electron chi connectivity index (χ4n) is 2.74. The summed E-state index contributed by atoms with van der Waals surface area (Å²) in [6, 6.07) is 7.94. The monoisotopic (exact) mass is 330 g/mol. The highest BCUT2D eigenvalue weighted by Crippen LogP contribution is 2.10. The van der Waals surface area contributed by atoms with E-state index in [1.54, 1.807) is 0 Å². The van der Waals surface area contributed by atoms with Crippen molar-refractivity contribution < 1.29 is 4.79 Å². The SMILES string of the molecule is CCNC(=NCc1cccc(C(=O)NC(C)CC)c1)N1CCCC1. The predicted molar refractivity (Wildman–Crippen MR) is 99.3 cm³/mol. The number of benzene rings is 1. The van der Waals surface area contributed by atoms with Crippen LogP contribution in [-0.2, 0) is 6.54 Å². The van der Waals surface area contributed by atoms with Gasteiger partial charge in [0.1, 0.15) is 0 Å².